The van der Waals surface area contributed by atoms with Crippen molar-refractivity contribution in [3.8, 4) is 10.4 Å². The molecule has 0 spiro atoms. The van der Waals surface area contributed by atoms with Gasteiger partial charge in [-0.3, -0.25) is 14.0 Å². The van der Waals surface area contributed by atoms with E-state index in [1.165, 1.54) is 23.0 Å². The van der Waals surface area contributed by atoms with Crippen molar-refractivity contribution in [3.05, 3.63) is 83.1 Å². The number of rotatable bonds is 7. The Morgan fingerprint density at radius 2 is 1.86 bits per heavy atom. The van der Waals surface area contributed by atoms with Gasteiger partial charge in [0.25, 0.3) is 5.91 Å². The Hall–Kier alpha value is -3.52. The van der Waals surface area contributed by atoms with Crippen LogP contribution >= 0.6 is 11.3 Å². The summed E-state index contributed by atoms with van der Waals surface area (Å²) in [5.41, 5.74) is 4.08. The minimum absolute atomic E-state index is 0.107. The second-order valence-corrected chi connectivity index (χ2v) is 10.6. The normalized spacial score (nSPS) is 17.8. The number of benzene rings is 2. The topological polar surface area (TPSA) is 83.7 Å². The third kappa shape index (κ3) is 5.33. The van der Waals surface area contributed by atoms with Crippen LogP contribution in [0.25, 0.3) is 15.4 Å². The summed E-state index contributed by atoms with van der Waals surface area (Å²) in [6.45, 7) is 1.99. The molecule has 2 aromatic carbocycles. The van der Waals surface area contributed by atoms with E-state index in [0.29, 0.717) is 23.1 Å². The molecule has 0 unspecified atom stereocenters. The lowest BCUT2D eigenvalue weighted by Gasteiger charge is -2.28. The number of aliphatic carboxylic acids is 1. The maximum atomic E-state index is 13.9. The number of carboxylic acid groups (broad SMARTS) is 1. The van der Waals surface area contributed by atoms with Crippen molar-refractivity contribution in [3.63, 3.8) is 0 Å². The number of aromatic nitrogens is 2. The van der Waals surface area contributed by atoms with Crippen molar-refractivity contribution in [2.75, 3.05) is 0 Å². The number of hydrogen-bond acceptors (Lipinski definition) is 4. The molecule has 5 rings (SSSR count). The molecule has 8 heteroatoms. The molecule has 1 aliphatic carbocycles. The highest BCUT2D eigenvalue weighted by atomic mass is 32.1. The van der Waals surface area contributed by atoms with Crippen LogP contribution in [0.3, 0.4) is 0 Å². The lowest BCUT2D eigenvalue weighted by Crippen LogP contribution is -2.23. The van der Waals surface area contributed by atoms with Gasteiger partial charge in [-0.05, 0) is 61.6 Å². The fraction of sp³-hybridized carbons (Fsp3) is 0.321. The highest BCUT2D eigenvalue weighted by molar-refractivity contribution is 7.20. The van der Waals surface area contributed by atoms with Crippen LogP contribution in [0.5, 0.6) is 0 Å². The predicted octanol–water partition coefficient (Wildman–Crippen LogP) is 6.19. The van der Waals surface area contributed by atoms with Gasteiger partial charge in [-0.15, -0.1) is 0 Å². The third-order valence-electron chi connectivity index (χ3n) is 7.01. The highest BCUT2D eigenvalue weighted by Crippen LogP contribution is 2.38. The molecule has 0 atom stereocenters. The average Bonchev–Trinajstić information content (AvgIpc) is 3.44. The Balaban J connectivity index is 1.21. The summed E-state index contributed by atoms with van der Waals surface area (Å²) in [6.07, 6.45) is 7.95. The summed E-state index contributed by atoms with van der Waals surface area (Å²) >= 11 is 1.51. The van der Waals surface area contributed by atoms with E-state index in [1.54, 1.807) is 18.3 Å². The molecule has 1 fully saturated rings. The number of halogens is 1. The van der Waals surface area contributed by atoms with Crippen LogP contribution in [0.15, 0.2) is 54.9 Å². The van der Waals surface area contributed by atoms with E-state index in [9.17, 15) is 14.0 Å². The smallest absolute Gasteiger partial charge is 0.303 e. The van der Waals surface area contributed by atoms with Crippen molar-refractivity contribution in [2.45, 2.75) is 51.5 Å². The van der Waals surface area contributed by atoms with E-state index >= 15 is 0 Å². The Morgan fingerprint density at radius 3 is 2.56 bits per heavy atom. The SMILES string of the molecule is Cc1ccc(F)c(CNC(=O)c2cn3cc(-c4ccc(C5CCC(CC(=O)O)CC5)cc4)sc3n2)c1. The molecule has 186 valence electrons. The fourth-order valence-corrected chi connectivity index (χ4v) is 5.98. The molecule has 0 radical (unpaired) electrons. The zero-order chi connectivity index (χ0) is 25.2. The zero-order valence-corrected chi connectivity index (χ0v) is 20.9. The molecule has 6 nitrogen and oxygen atoms in total. The first-order valence-electron chi connectivity index (χ1n) is 12.2. The van der Waals surface area contributed by atoms with Gasteiger partial charge in [-0.2, -0.15) is 0 Å². The molecule has 1 aliphatic rings. The van der Waals surface area contributed by atoms with Gasteiger partial charge in [-0.1, -0.05) is 53.3 Å². The van der Waals surface area contributed by atoms with Crippen LogP contribution in [-0.2, 0) is 11.3 Å². The number of nitrogens with zero attached hydrogens (tertiary/aromatic N) is 2. The van der Waals surface area contributed by atoms with Gasteiger partial charge in [0.1, 0.15) is 11.5 Å². The van der Waals surface area contributed by atoms with Gasteiger partial charge in [0, 0.05) is 30.9 Å². The Kier molecular flexibility index (Phi) is 6.87. The Labute approximate surface area is 212 Å². The van der Waals surface area contributed by atoms with Crippen LogP contribution < -0.4 is 5.32 Å². The van der Waals surface area contributed by atoms with Gasteiger partial charge in [0.05, 0.1) is 4.88 Å². The maximum absolute atomic E-state index is 13.9. The highest BCUT2D eigenvalue weighted by Gasteiger charge is 2.24. The minimum atomic E-state index is -0.699. The molecular weight excluding hydrogens is 477 g/mol. The van der Waals surface area contributed by atoms with E-state index < -0.39 is 5.97 Å². The Bertz CT molecular complexity index is 1370. The summed E-state index contributed by atoms with van der Waals surface area (Å²) in [7, 11) is 0. The number of nitrogens with one attached hydrogen (secondary N) is 1. The first kappa shape index (κ1) is 24.2. The number of hydrogen-bond donors (Lipinski definition) is 2. The van der Waals surface area contributed by atoms with E-state index in [2.05, 4.69) is 34.6 Å². The van der Waals surface area contributed by atoms with Crippen molar-refractivity contribution in [2.24, 2.45) is 5.92 Å². The summed E-state index contributed by atoms with van der Waals surface area (Å²) in [6, 6.07) is 13.4. The van der Waals surface area contributed by atoms with Crippen LogP contribution in [0.4, 0.5) is 4.39 Å². The summed E-state index contributed by atoms with van der Waals surface area (Å²) in [5, 5.41) is 11.8. The number of carbonyl (C=O) groups excluding carboxylic acids is 1. The first-order valence-corrected chi connectivity index (χ1v) is 13.0. The van der Waals surface area contributed by atoms with Crippen molar-refractivity contribution < 1.29 is 19.1 Å². The second kappa shape index (κ2) is 10.2. The summed E-state index contributed by atoms with van der Waals surface area (Å²) < 4.78 is 15.8. The van der Waals surface area contributed by atoms with Crippen molar-refractivity contribution >= 4 is 28.2 Å². The summed E-state index contributed by atoms with van der Waals surface area (Å²) in [5.74, 6) is -0.588. The molecule has 1 amide bonds. The van der Waals surface area contributed by atoms with E-state index in [-0.39, 0.29) is 24.7 Å². The molecule has 36 heavy (non-hydrogen) atoms. The zero-order valence-electron chi connectivity index (χ0n) is 20.0. The van der Waals surface area contributed by atoms with Gasteiger partial charge >= 0.3 is 5.97 Å². The first-order chi connectivity index (χ1) is 17.4. The maximum Gasteiger partial charge on any atom is 0.303 e. The quantitative estimate of drug-likeness (QED) is 0.314. The fourth-order valence-electron chi connectivity index (χ4n) is 5.01. The lowest BCUT2D eigenvalue weighted by molar-refractivity contribution is -0.138. The number of amides is 1. The minimum Gasteiger partial charge on any atom is -0.481 e. The standard InChI is InChI=1S/C28H28FN3O3S/c1-17-2-11-23(29)22(12-17)14-30-27(35)24-15-32-16-25(36-28(32)31-24)21-9-7-20(8-10-21)19-5-3-18(4-6-19)13-26(33)34/h2,7-12,15-16,18-19H,3-6,13-14H2,1H3,(H,30,35)(H,33,34). The molecule has 1 saturated carbocycles. The van der Waals surface area contributed by atoms with Gasteiger partial charge < -0.3 is 10.4 Å². The van der Waals surface area contributed by atoms with Gasteiger partial charge in [0.15, 0.2) is 4.96 Å². The second-order valence-electron chi connectivity index (χ2n) is 9.63. The molecule has 2 heterocycles. The van der Waals surface area contributed by atoms with Crippen LogP contribution in [-0.4, -0.2) is 26.4 Å². The van der Waals surface area contributed by atoms with Crippen LogP contribution in [0.2, 0.25) is 0 Å². The average molecular weight is 506 g/mol. The largest absolute Gasteiger partial charge is 0.481 e. The van der Waals surface area contributed by atoms with E-state index in [4.69, 9.17) is 5.11 Å². The number of imidazole rings is 1. The Morgan fingerprint density at radius 1 is 1.11 bits per heavy atom. The molecule has 0 aliphatic heterocycles. The van der Waals surface area contributed by atoms with Crippen molar-refractivity contribution in [1.82, 2.24) is 14.7 Å². The summed E-state index contributed by atoms with van der Waals surface area (Å²) in [4.78, 5) is 29.8. The van der Waals surface area contributed by atoms with Gasteiger partial charge in [-0.25, -0.2) is 9.37 Å². The van der Waals surface area contributed by atoms with Crippen LogP contribution in [0.1, 0.15) is 65.2 Å². The number of fused-ring (bicyclic) bond motifs is 1. The number of thiazole rings is 1. The number of aryl methyl sites for hydroxylation is 1. The number of carbonyl (C=O) groups is 2. The van der Waals surface area contributed by atoms with Gasteiger partial charge in [0.2, 0.25) is 0 Å². The predicted molar refractivity (Wildman–Crippen MR) is 138 cm³/mol. The molecule has 0 bridgehead atoms. The number of carboxylic acids is 1. The lowest BCUT2D eigenvalue weighted by atomic mass is 9.77. The molecular formula is C28H28FN3O3S. The van der Waals surface area contributed by atoms with Crippen molar-refractivity contribution in [1.29, 1.82) is 0 Å². The van der Waals surface area contributed by atoms with Crippen LogP contribution in [0, 0.1) is 18.7 Å². The van der Waals surface area contributed by atoms with E-state index in [0.717, 1.165) is 46.6 Å². The third-order valence-corrected chi connectivity index (χ3v) is 8.05. The molecule has 2 N–H and O–H groups in total. The molecule has 0 saturated heterocycles. The molecule has 2 aromatic heterocycles. The monoisotopic (exact) mass is 505 g/mol. The van der Waals surface area contributed by atoms with E-state index in [1.807, 2.05) is 17.5 Å². The molecule has 4 aromatic rings.